The van der Waals surface area contributed by atoms with Crippen LogP contribution in [0.1, 0.15) is 24.8 Å². The van der Waals surface area contributed by atoms with E-state index in [4.69, 9.17) is 0 Å². The van der Waals surface area contributed by atoms with Gasteiger partial charge < -0.3 is 10.6 Å². The van der Waals surface area contributed by atoms with E-state index in [9.17, 15) is 13.2 Å². The molecule has 0 aromatic heterocycles. The number of rotatable bonds is 5. The van der Waals surface area contributed by atoms with Crippen LogP contribution in [0.5, 0.6) is 0 Å². The molecule has 0 aliphatic carbocycles. The smallest absolute Gasteiger partial charge is 0.240 e. The van der Waals surface area contributed by atoms with Crippen molar-refractivity contribution in [2.24, 2.45) is 0 Å². The Bertz CT molecular complexity index is 622. The van der Waals surface area contributed by atoms with Crippen molar-refractivity contribution in [2.75, 3.05) is 18.9 Å². The summed E-state index contributed by atoms with van der Waals surface area (Å²) in [5.41, 5.74) is 1.37. The van der Waals surface area contributed by atoms with Crippen LogP contribution in [-0.2, 0) is 14.8 Å². The molecule has 1 aliphatic heterocycles. The summed E-state index contributed by atoms with van der Waals surface area (Å²) in [6.07, 6.45) is 2.50. The molecule has 0 bridgehead atoms. The second-order valence-corrected chi connectivity index (χ2v) is 7.12. The van der Waals surface area contributed by atoms with Crippen molar-refractivity contribution in [3.63, 3.8) is 0 Å². The third-order valence-electron chi connectivity index (χ3n) is 3.66. The normalized spacial score (nSPS) is 18.7. The number of sulfonamides is 1. The molecule has 1 aromatic carbocycles. The molecule has 1 saturated heterocycles. The third-order valence-corrected chi connectivity index (χ3v) is 5.07. The first-order valence-corrected chi connectivity index (χ1v) is 8.48. The Labute approximate surface area is 125 Å². The number of nitrogens with one attached hydrogen (secondary N) is 3. The molecular formula is C14H21N3O3S. The van der Waals surface area contributed by atoms with E-state index in [-0.39, 0.29) is 16.8 Å². The molecule has 2 rings (SSSR count). The highest BCUT2D eigenvalue weighted by Crippen LogP contribution is 2.21. The summed E-state index contributed by atoms with van der Waals surface area (Å²) < 4.78 is 25.9. The molecular weight excluding hydrogens is 290 g/mol. The van der Waals surface area contributed by atoms with Gasteiger partial charge in [0.1, 0.15) is 0 Å². The van der Waals surface area contributed by atoms with Gasteiger partial charge in [0.25, 0.3) is 0 Å². The Morgan fingerprint density at radius 1 is 1.43 bits per heavy atom. The number of aryl methyl sites for hydroxylation is 1. The first kappa shape index (κ1) is 15.9. The molecule has 0 saturated carbocycles. The van der Waals surface area contributed by atoms with Gasteiger partial charge in [0.05, 0.1) is 4.90 Å². The maximum absolute atomic E-state index is 12.0. The first-order chi connectivity index (χ1) is 9.92. The molecule has 0 spiro atoms. The topological polar surface area (TPSA) is 87.3 Å². The lowest BCUT2D eigenvalue weighted by atomic mass is 10.1. The number of amides is 1. The minimum atomic E-state index is -3.51. The Hall–Kier alpha value is -1.44. The van der Waals surface area contributed by atoms with Crippen molar-refractivity contribution in [1.82, 2.24) is 10.0 Å². The summed E-state index contributed by atoms with van der Waals surface area (Å²) in [7, 11) is -2.15. The zero-order valence-electron chi connectivity index (χ0n) is 12.3. The lowest BCUT2D eigenvalue weighted by Crippen LogP contribution is -2.27. The second kappa shape index (κ2) is 6.55. The molecule has 1 fully saturated rings. The van der Waals surface area contributed by atoms with Gasteiger partial charge in [-0.25, -0.2) is 13.1 Å². The largest absolute Gasteiger partial charge is 0.326 e. The average Bonchev–Trinajstić information content (AvgIpc) is 2.93. The van der Waals surface area contributed by atoms with Crippen LogP contribution in [-0.4, -0.2) is 34.0 Å². The molecule has 1 atom stereocenters. The maximum Gasteiger partial charge on any atom is 0.240 e. The predicted molar refractivity (Wildman–Crippen MR) is 81.7 cm³/mol. The fraction of sp³-hybridized carbons (Fsp3) is 0.500. The zero-order chi connectivity index (χ0) is 15.5. The lowest BCUT2D eigenvalue weighted by Gasteiger charge is -2.13. The molecule has 1 amide bonds. The maximum atomic E-state index is 12.0. The molecule has 1 unspecified atom stereocenters. The number of anilines is 1. The highest BCUT2D eigenvalue weighted by atomic mass is 32.2. The van der Waals surface area contributed by atoms with Crippen molar-refractivity contribution < 1.29 is 13.2 Å². The van der Waals surface area contributed by atoms with E-state index < -0.39 is 10.0 Å². The molecule has 21 heavy (non-hydrogen) atoms. The quantitative estimate of drug-likeness (QED) is 0.756. The summed E-state index contributed by atoms with van der Waals surface area (Å²) in [4.78, 5) is 12.2. The highest BCUT2D eigenvalue weighted by molar-refractivity contribution is 7.89. The van der Waals surface area contributed by atoms with Crippen molar-refractivity contribution in [2.45, 2.75) is 37.1 Å². The van der Waals surface area contributed by atoms with E-state index in [0.29, 0.717) is 12.1 Å². The van der Waals surface area contributed by atoms with Crippen LogP contribution in [0.25, 0.3) is 0 Å². The van der Waals surface area contributed by atoms with E-state index in [2.05, 4.69) is 15.4 Å². The zero-order valence-corrected chi connectivity index (χ0v) is 13.1. The van der Waals surface area contributed by atoms with E-state index in [1.807, 2.05) is 6.92 Å². The Balaban J connectivity index is 2.11. The monoisotopic (exact) mass is 311 g/mol. The summed E-state index contributed by atoms with van der Waals surface area (Å²) in [5.74, 6) is -0.100. The van der Waals surface area contributed by atoms with Gasteiger partial charge in [-0.15, -0.1) is 0 Å². The Kier molecular flexibility index (Phi) is 4.97. The van der Waals surface area contributed by atoms with Crippen LogP contribution >= 0.6 is 0 Å². The van der Waals surface area contributed by atoms with Crippen molar-refractivity contribution in [3.8, 4) is 0 Å². The highest BCUT2D eigenvalue weighted by Gasteiger charge is 2.19. The van der Waals surface area contributed by atoms with Crippen LogP contribution in [0, 0.1) is 6.92 Å². The van der Waals surface area contributed by atoms with Gasteiger partial charge in [-0.1, -0.05) is 6.07 Å². The fourth-order valence-electron chi connectivity index (χ4n) is 2.38. The molecule has 6 nitrogen and oxygen atoms in total. The average molecular weight is 311 g/mol. The minimum absolute atomic E-state index is 0.100. The van der Waals surface area contributed by atoms with Crippen LogP contribution < -0.4 is 15.4 Å². The lowest BCUT2D eigenvalue weighted by molar-refractivity contribution is -0.116. The standard InChI is InChI=1S/C14H21N3O3S/c1-10-5-6-12(21(19,20)15-2)9-13(10)17-14(18)8-11-4-3-7-16-11/h5-6,9,11,15-16H,3-4,7-8H2,1-2H3,(H,17,18). The number of carbonyl (C=O) groups excluding carboxylic acids is 1. The van der Waals surface area contributed by atoms with E-state index in [1.54, 1.807) is 6.07 Å². The summed E-state index contributed by atoms with van der Waals surface area (Å²) in [6.45, 7) is 2.78. The predicted octanol–water partition coefficient (Wildman–Crippen LogP) is 0.984. The van der Waals surface area contributed by atoms with Gasteiger partial charge in [-0.2, -0.15) is 0 Å². The number of benzene rings is 1. The SMILES string of the molecule is CNS(=O)(=O)c1ccc(C)c(NC(=O)CC2CCCN2)c1. The van der Waals surface area contributed by atoms with Gasteiger partial charge in [-0.3, -0.25) is 4.79 Å². The summed E-state index contributed by atoms with van der Waals surface area (Å²) in [5, 5.41) is 6.07. The van der Waals surface area contributed by atoms with Crippen LogP contribution in [0.2, 0.25) is 0 Å². The third kappa shape index (κ3) is 4.03. The van der Waals surface area contributed by atoms with Crippen molar-refractivity contribution in [3.05, 3.63) is 23.8 Å². The molecule has 0 radical (unpaired) electrons. The number of hydrogen-bond donors (Lipinski definition) is 3. The number of hydrogen-bond acceptors (Lipinski definition) is 4. The van der Waals surface area contributed by atoms with Gasteiger partial charge in [0, 0.05) is 18.2 Å². The molecule has 7 heteroatoms. The summed E-state index contributed by atoms with van der Waals surface area (Å²) in [6, 6.07) is 4.92. The summed E-state index contributed by atoms with van der Waals surface area (Å²) >= 11 is 0. The van der Waals surface area contributed by atoms with E-state index in [0.717, 1.165) is 24.9 Å². The molecule has 1 aliphatic rings. The molecule has 3 N–H and O–H groups in total. The van der Waals surface area contributed by atoms with Crippen molar-refractivity contribution >= 4 is 21.6 Å². The number of carbonyl (C=O) groups is 1. The fourth-order valence-corrected chi connectivity index (χ4v) is 3.13. The second-order valence-electron chi connectivity index (χ2n) is 5.23. The van der Waals surface area contributed by atoms with E-state index in [1.165, 1.54) is 19.2 Å². The van der Waals surface area contributed by atoms with Gasteiger partial charge in [0.15, 0.2) is 0 Å². The van der Waals surface area contributed by atoms with Crippen molar-refractivity contribution in [1.29, 1.82) is 0 Å². The van der Waals surface area contributed by atoms with Gasteiger partial charge in [0.2, 0.25) is 15.9 Å². The molecule has 1 heterocycles. The van der Waals surface area contributed by atoms with Crippen LogP contribution in [0.3, 0.4) is 0 Å². The Morgan fingerprint density at radius 2 is 2.19 bits per heavy atom. The van der Waals surface area contributed by atoms with Gasteiger partial charge in [-0.05, 0) is 51.1 Å². The molecule has 116 valence electrons. The van der Waals surface area contributed by atoms with Crippen LogP contribution in [0.4, 0.5) is 5.69 Å². The molecule has 1 aromatic rings. The Morgan fingerprint density at radius 3 is 2.81 bits per heavy atom. The van der Waals surface area contributed by atoms with Gasteiger partial charge >= 0.3 is 0 Å². The first-order valence-electron chi connectivity index (χ1n) is 7.00. The van der Waals surface area contributed by atoms with E-state index >= 15 is 0 Å². The van der Waals surface area contributed by atoms with Crippen LogP contribution in [0.15, 0.2) is 23.1 Å². The minimum Gasteiger partial charge on any atom is -0.326 e.